The van der Waals surface area contributed by atoms with Crippen molar-refractivity contribution in [1.82, 2.24) is 15.6 Å². The number of rotatable bonds is 6. The Morgan fingerprint density at radius 3 is 2.58 bits per heavy atom. The maximum atomic E-state index is 12.4. The van der Waals surface area contributed by atoms with Crippen molar-refractivity contribution in [1.29, 1.82) is 0 Å². The molecule has 2 amide bonds. The summed E-state index contributed by atoms with van der Waals surface area (Å²) in [5.41, 5.74) is 0.357. The summed E-state index contributed by atoms with van der Waals surface area (Å²) in [5.74, 6) is -0.640. The number of nitrogens with one attached hydrogen (secondary N) is 2. The fraction of sp³-hybridized carbons (Fsp3) is 0.353. The van der Waals surface area contributed by atoms with Gasteiger partial charge in [-0.2, -0.15) is 0 Å². The Bertz CT molecular complexity index is 730. The number of nitrogens with zero attached hydrogens (tertiary/aromatic N) is 1. The first-order valence-corrected chi connectivity index (χ1v) is 8.82. The Labute approximate surface area is 150 Å². The second-order valence-electron chi connectivity index (χ2n) is 5.74. The van der Waals surface area contributed by atoms with Crippen LogP contribution < -0.4 is 10.6 Å². The zero-order chi connectivity index (χ0) is 17.7. The molecule has 2 rings (SSSR count). The highest BCUT2D eigenvalue weighted by Gasteiger charge is 2.25. The standard InChI is InChI=1S/C17H20ClN3O2S/c1-10(2)15(17(23)20-9-12-8-19-11(3)24-12)21-16(22)13-6-4-5-7-14(13)18/h4-8,10,15H,9H2,1-3H3,(H,20,23)(H,21,22). The first-order valence-electron chi connectivity index (χ1n) is 7.63. The molecule has 0 bridgehead atoms. The second-order valence-corrected chi connectivity index (χ2v) is 7.46. The number of hydrogen-bond donors (Lipinski definition) is 2. The third kappa shape index (κ3) is 4.79. The molecule has 1 aromatic carbocycles. The third-order valence-corrected chi connectivity index (χ3v) is 4.70. The smallest absolute Gasteiger partial charge is 0.253 e. The lowest BCUT2D eigenvalue weighted by Gasteiger charge is -2.21. The van der Waals surface area contributed by atoms with E-state index < -0.39 is 6.04 Å². The molecule has 0 saturated heterocycles. The van der Waals surface area contributed by atoms with Crippen LogP contribution in [-0.2, 0) is 11.3 Å². The zero-order valence-corrected chi connectivity index (χ0v) is 15.4. The number of carbonyl (C=O) groups is 2. The van der Waals surface area contributed by atoms with Gasteiger partial charge in [0.05, 0.1) is 22.1 Å². The Hall–Kier alpha value is -1.92. The Morgan fingerprint density at radius 2 is 2.00 bits per heavy atom. The predicted octanol–water partition coefficient (Wildman–Crippen LogP) is 3.18. The maximum absolute atomic E-state index is 12.4. The van der Waals surface area contributed by atoms with Gasteiger partial charge in [-0.15, -0.1) is 11.3 Å². The lowest BCUT2D eigenvalue weighted by molar-refractivity contribution is -0.124. The van der Waals surface area contributed by atoms with E-state index in [1.807, 2.05) is 20.8 Å². The minimum atomic E-state index is -0.636. The van der Waals surface area contributed by atoms with E-state index in [0.717, 1.165) is 9.88 Å². The van der Waals surface area contributed by atoms with Gasteiger partial charge < -0.3 is 10.6 Å². The topological polar surface area (TPSA) is 71.1 Å². The van der Waals surface area contributed by atoms with Crippen molar-refractivity contribution in [3.63, 3.8) is 0 Å². The van der Waals surface area contributed by atoms with Crippen LogP contribution in [0.2, 0.25) is 5.02 Å². The molecule has 0 aliphatic rings. The van der Waals surface area contributed by atoms with E-state index >= 15 is 0 Å². The van der Waals surface area contributed by atoms with E-state index in [4.69, 9.17) is 11.6 Å². The number of aromatic nitrogens is 1. The van der Waals surface area contributed by atoms with Gasteiger partial charge >= 0.3 is 0 Å². The van der Waals surface area contributed by atoms with E-state index in [0.29, 0.717) is 17.1 Å². The summed E-state index contributed by atoms with van der Waals surface area (Å²) in [6, 6.07) is 6.13. The fourth-order valence-electron chi connectivity index (χ4n) is 2.17. The van der Waals surface area contributed by atoms with Gasteiger partial charge in [0.1, 0.15) is 6.04 Å². The molecule has 0 aliphatic heterocycles. The summed E-state index contributed by atoms with van der Waals surface area (Å²) in [7, 11) is 0. The van der Waals surface area contributed by atoms with Gasteiger partial charge in [-0.1, -0.05) is 37.6 Å². The molecule has 1 heterocycles. The van der Waals surface area contributed by atoms with Crippen molar-refractivity contribution in [2.45, 2.75) is 33.4 Å². The summed E-state index contributed by atoms with van der Waals surface area (Å²) in [6.45, 7) is 6.08. The zero-order valence-electron chi connectivity index (χ0n) is 13.8. The van der Waals surface area contributed by atoms with E-state index in [1.165, 1.54) is 11.3 Å². The summed E-state index contributed by atoms with van der Waals surface area (Å²) in [4.78, 5) is 29.9. The molecule has 2 aromatic rings. The number of carbonyl (C=O) groups excluding carboxylic acids is 2. The van der Waals surface area contributed by atoms with Crippen LogP contribution in [0.4, 0.5) is 0 Å². The molecule has 24 heavy (non-hydrogen) atoms. The summed E-state index contributed by atoms with van der Waals surface area (Å²) >= 11 is 7.57. The largest absolute Gasteiger partial charge is 0.349 e. The minimum Gasteiger partial charge on any atom is -0.349 e. The van der Waals surface area contributed by atoms with Crippen LogP contribution in [0.15, 0.2) is 30.5 Å². The monoisotopic (exact) mass is 365 g/mol. The quantitative estimate of drug-likeness (QED) is 0.825. The first kappa shape index (κ1) is 18.4. The van der Waals surface area contributed by atoms with Crippen LogP contribution in [0.1, 0.15) is 34.1 Å². The van der Waals surface area contributed by atoms with Gasteiger partial charge in [0, 0.05) is 11.1 Å². The van der Waals surface area contributed by atoms with Crippen molar-refractivity contribution < 1.29 is 9.59 Å². The maximum Gasteiger partial charge on any atom is 0.253 e. The predicted molar refractivity (Wildman–Crippen MR) is 96.2 cm³/mol. The van der Waals surface area contributed by atoms with Crippen molar-refractivity contribution >= 4 is 34.8 Å². The Balaban J connectivity index is 2.01. The summed E-state index contributed by atoms with van der Waals surface area (Å²) in [6.07, 6.45) is 1.74. The summed E-state index contributed by atoms with van der Waals surface area (Å²) < 4.78 is 0. The average molecular weight is 366 g/mol. The van der Waals surface area contributed by atoms with Crippen LogP contribution >= 0.6 is 22.9 Å². The highest BCUT2D eigenvalue weighted by Crippen LogP contribution is 2.16. The lowest BCUT2D eigenvalue weighted by atomic mass is 10.0. The van der Waals surface area contributed by atoms with Crippen LogP contribution in [0, 0.1) is 12.8 Å². The number of halogens is 1. The number of aryl methyl sites for hydroxylation is 1. The van der Waals surface area contributed by atoms with Crippen LogP contribution in [0.3, 0.4) is 0 Å². The van der Waals surface area contributed by atoms with Gasteiger partial charge in [-0.3, -0.25) is 9.59 Å². The van der Waals surface area contributed by atoms with Gasteiger partial charge in [0.2, 0.25) is 5.91 Å². The normalized spacial score (nSPS) is 12.0. The molecule has 0 radical (unpaired) electrons. The number of benzene rings is 1. The molecule has 0 aliphatic carbocycles. The molecule has 0 spiro atoms. The molecule has 128 valence electrons. The van der Waals surface area contributed by atoms with E-state index in [9.17, 15) is 9.59 Å². The Morgan fingerprint density at radius 1 is 1.29 bits per heavy atom. The molecule has 0 fully saturated rings. The minimum absolute atomic E-state index is 0.0559. The van der Waals surface area contributed by atoms with Crippen LogP contribution in [0.5, 0.6) is 0 Å². The SMILES string of the molecule is Cc1ncc(CNC(=O)C(NC(=O)c2ccccc2Cl)C(C)C)s1. The molecule has 1 atom stereocenters. The lowest BCUT2D eigenvalue weighted by Crippen LogP contribution is -2.49. The third-order valence-electron chi connectivity index (χ3n) is 3.46. The highest BCUT2D eigenvalue weighted by molar-refractivity contribution is 7.11. The van der Waals surface area contributed by atoms with E-state index in [2.05, 4.69) is 15.6 Å². The molecular weight excluding hydrogens is 346 g/mol. The first-order chi connectivity index (χ1) is 11.4. The van der Waals surface area contributed by atoms with Crippen molar-refractivity contribution in [3.8, 4) is 0 Å². The average Bonchev–Trinajstić information content (AvgIpc) is 2.95. The number of amides is 2. The molecular formula is C17H20ClN3O2S. The van der Waals surface area contributed by atoms with Gasteiger partial charge in [0.25, 0.3) is 5.91 Å². The van der Waals surface area contributed by atoms with Crippen LogP contribution in [-0.4, -0.2) is 22.8 Å². The Kier molecular flexibility index (Phi) is 6.34. The molecule has 7 heteroatoms. The van der Waals surface area contributed by atoms with E-state index in [-0.39, 0.29) is 17.7 Å². The molecule has 5 nitrogen and oxygen atoms in total. The van der Waals surface area contributed by atoms with Gasteiger partial charge in [-0.05, 0) is 25.0 Å². The molecule has 1 aromatic heterocycles. The molecule has 2 N–H and O–H groups in total. The highest BCUT2D eigenvalue weighted by atomic mass is 35.5. The van der Waals surface area contributed by atoms with Crippen LogP contribution in [0.25, 0.3) is 0 Å². The van der Waals surface area contributed by atoms with Crippen molar-refractivity contribution in [3.05, 3.63) is 50.9 Å². The van der Waals surface area contributed by atoms with Crippen molar-refractivity contribution in [2.24, 2.45) is 5.92 Å². The summed E-state index contributed by atoms with van der Waals surface area (Å²) in [5, 5.41) is 6.93. The second kappa shape index (κ2) is 8.26. The van der Waals surface area contributed by atoms with Gasteiger partial charge in [0.15, 0.2) is 0 Å². The molecule has 1 unspecified atom stereocenters. The number of thiazole rings is 1. The fourth-order valence-corrected chi connectivity index (χ4v) is 3.13. The molecule has 0 saturated carbocycles. The number of hydrogen-bond acceptors (Lipinski definition) is 4. The van der Waals surface area contributed by atoms with Crippen molar-refractivity contribution in [2.75, 3.05) is 0 Å². The van der Waals surface area contributed by atoms with Gasteiger partial charge in [-0.25, -0.2) is 4.98 Å². The van der Waals surface area contributed by atoms with E-state index in [1.54, 1.807) is 30.5 Å².